The van der Waals surface area contributed by atoms with Gasteiger partial charge in [-0.05, 0) is 40.0 Å². The number of thiol groups is 3. The summed E-state index contributed by atoms with van der Waals surface area (Å²) in [5.41, 5.74) is 0. The predicted octanol–water partition coefficient (Wildman–Crippen LogP) is 19.5. The van der Waals surface area contributed by atoms with Gasteiger partial charge in [0.1, 0.15) is 0 Å². The van der Waals surface area contributed by atoms with Gasteiger partial charge in [0, 0.05) is 14.2 Å². The van der Waals surface area contributed by atoms with Crippen molar-refractivity contribution in [1.82, 2.24) is 0 Å². The normalized spacial score (nSPS) is 13.3. The van der Waals surface area contributed by atoms with Crippen molar-refractivity contribution in [1.29, 1.82) is 0 Å². The molecule has 3 unspecified atom stereocenters. The Morgan fingerprint density at radius 2 is 0.463 bits per heavy atom. The summed E-state index contributed by atoms with van der Waals surface area (Å²) in [5.74, 6) is -3.18. The number of carboxylic acid groups (broad SMARTS) is 3. The van der Waals surface area contributed by atoms with Crippen molar-refractivity contribution in [2.45, 2.75) is 414 Å². The van der Waals surface area contributed by atoms with Crippen molar-refractivity contribution < 1.29 is 39.2 Å². The number of ether oxygens (including phenoxy) is 1. The van der Waals surface area contributed by atoms with E-state index < -0.39 is 32.1 Å². The fraction of sp³-hybridized carbons (Fsp3) is 0.943. The van der Waals surface area contributed by atoms with Crippen LogP contribution in [0, 0.1) is 0 Å². The molecule has 0 spiro atoms. The number of carboxylic acids is 3. The van der Waals surface area contributed by atoms with Crippen molar-refractivity contribution >= 4 is 84.3 Å². The minimum absolute atomic E-state index is 0.0368. The van der Waals surface area contributed by atoms with Crippen LogP contribution in [0.4, 0.5) is 0 Å². The van der Waals surface area contributed by atoms with Crippen molar-refractivity contribution in [2.75, 3.05) is 6.61 Å². The number of hydrogen-bond acceptors (Lipinski definition) is 11. The van der Waals surface area contributed by atoms with E-state index in [2.05, 4.69) is 65.6 Å². The minimum atomic E-state index is -1.05. The zero-order chi connectivity index (χ0) is 62.1. The third-order valence-electron chi connectivity index (χ3n) is 16.0. The van der Waals surface area contributed by atoms with E-state index in [1.54, 1.807) is 20.8 Å². The quantitative estimate of drug-likeness (QED) is 0.0236. The molecular formula is C70H136O8S3Sn. The molecule has 0 aromatic heterocycles. The van der Waals surface area contributed by atoms with Crippen LogP contribution >= 0.6 is 37.9 Å². The monoisotopic (exact) mass is 1320 g/mol. The van der Waals surface area contributed by atoms with Crippen LogP contribution < -0.4 is 15.3 Å². The second-order valence-electron chi connectivity index (χ2n) is 24.9. The van der Waals surface area contributed by atoms with Crippen LogP contribution in [0.15, 0.2) is 0 Å². The number of aliphatic carboxylic acids is 3. The molecule has 3 atom stereocenters. The van der Waals surface area contributed by atoms with Gasteiger partial charge >= 0.3 is 75.3 Å². The molecular weight excluding hydrogens is 1180 g/mol. The average molecular weight is 1320 g/mol. The molecule has 0 N–H and O–H groups in total. The van der Waals surface area contributed by atoms with E-state index in [0.29, 0.717) is 32.3 Å². The molecule has 0 amide bonds. The SMILES string of the molecule is CCCCCCCCCCCCCCCCCCC(C)(S)C(=O)[O-].CCCCCCCCCCCCCCCCCCC(C)(S)C(=O)[O-].CCCCCCCCCCCCCCCCCCC(C)(S)C(=O)[O-].CCCCOC(=O)C[CH2][Sn+3]. The number of unbranched alkanes of at least 4 members (excludes halogenated alkanes) is 46. The first kappa shape index (κ1) is 88.2. The van der Waals surface area contributed by atoms with Gasteiger partial charge in [-0.2, -0.15) is 37.9 Å². The summed E-state index contributed by atoms with van der Waals surface area (Å²) in [7, 11) is 0. The number of esters is 1. The van der Waals surface area contributed by atoms with Gasteiger partial charge in [0.05, 0.1) is 17.9 Å². The molecule has 0 heterocycles. The van der Waals surface area contributed by atoms with E-state index >= 15 is 0 Å². The average Bonchev–Trinajstić information content (AvgIpc) is 3.45. The summed E-state index contributed by atoms with van der Waals surface area (Å²) in [6.07, 6.45) is 68.5. The van der Waals surface area contributed by atoms with Crippen LogP contribution in [-0.2, 0) is 23.9 Å². The van der Waals surface area contributed by atoms with Crippen LogP contribution in [0.25, 0.3) is 0 Å². The second-order valence-corrected chi connectivity index (χ2v) is 29.3. The van der Waals surface area contributed by atoms with Crippen molar-refractivity contribution in [3.05, 3.63) is 0 Å². The zero-order valence-electron chi connectivity index (χ0n) is 55.2. The summed E-state index contributed by atoms with van der Waals surface area (Å²) in [5, 5.41) is 32.5. The van der Waals surface area contributed by atoms with E-state index in [9.17, 15) is 34.5 Å². The van der Waals surface area contributed by atoms with Crippen molar-refractivity contribution in [3.63, 3.8) is 0 Å². The van der Waals surface area contributed by atoms with Crippen LogP contribution in [0.1, 0.15) is 395 Å². The fourth-order valence-electron chi connectivity index (χ4n) is 9.86. The summed E-state index contributed by atoms with van der Waals surface area (Å²) in [4.78, 5) is 43.2. The Morgan fingerprint density at radius 3 is 0.610 bits per heavy atom. The zero-order valence-corrected chi connectivity index (χ0v) is 60.7. The number of carbonyl (C=O) groups is 4. The topological polar surface area (TPSA) is 147 Å². The Labute approximate surface area is 540 Å². The molecule has 0 bridgehead atoms. The van der Waals surface area contributed by atoms with E-state index in [1.807, 2.05) is 0 Å². The Balaban J connectivity index is -0.000000513. The molecule has 0 saturated carbocycles. The van der Waals surface area contributed by atoms with Gasteiger partial charge in [-0.1, -0.05) is 329 Å². The van der Waals surface area contributed by atoms with E-state index in [4.69, 9.17) is 4.74 Å². The van der Waals surface area contributed by atoms with Gasteiger partial charge in [-0.25, -0.2) is 0 Å². The molecule has 0 aromatic carbocycles. The first-order valence-electron chi connectivity index (χ1n) is 34.9. The van der Waals surface area contributed by atoms with Gasteiger partial charge in [-0.15, -0.1) is 0 Å². The number of hydrogen-bond donors (Lipinski definition) is 3. The molecule has 0 fully saturated rings. The molecule has 0 aliphatic heterocycles. The first-order chi connectivity index (χ1) is 39.3. The van der Waals surface area contributed by atoms with Crippen molar-refractivity contribution in [3.8, 4) is 0 Å². The first-order valence-corrected chi connectivity index (χ1v) is 38.3. The molecule has 0 aliphatic rings. The van der Waals surface area contributed by atoms with Crippen LogP contribution in [-0.4, -0.2) is 67.3 Å². The predicted molar refractivity (Wildman–Crippen MR) is 361 cm³/mol. The summed E-state index contributed by atoms with van der Waals surface area (Å²) in [6.45, 7) is 14.4. The molecule has 0 radical (unpaired) electrons. The maximum absolute atomic E-state index is 10.8. The molecule has 8 nitrogen and oxygen atoms in total. The Bertz CT molecular complexity index is 1210. The molecule has 82 heavy (non-hydrogen) atoms. The van der Waals surface area contributed by atoms with Gasteiger partial charge in [0.2, 0.25) is 0 Å². The molecule has 486 valence electrons. The third-order valence-corrected chi connectivity index (χ3v) is 17.9. The van der Waals surface area contributed by atoms with Gasteiger partial charge in [0.15, 0.2) is 0 Å². The van der Waals surface area contributed by atoms with Gasteiger partial charge in [-0.3, -0.25) is 0 Å². The van der Waals surface area contributed by atoms with Crippen LogP contribution in [0.5, 0.6) is 0 Å². The molecule has 0 rings (SSSR count). The van der Waals surface area contributed by atoms with E-state index in [1.165, 1.54) is 292 Å². The molecule has 12 heteroatoms. The van der Waals surface area contributed by atoms with Gasteiger partial charge in [0.25, 0.3) is 0 Å². The van der Waals surface area contributed by atoms with Gasteiger partial charge < -0.3 is 29.7 Å². The Morgan fingerprint density at radius 1 is 0.305 bits per heavy atom. The molecule has 0 saturated heterocycles. The molecule has 0 aliphatic carbocycles. The summed E-state index contributed by atoms with van der Waals surface area (Å²) in [6, 6.07) is 0. The van der Waals surface area contributed by atoms with E-state index in [0.717, 1.165) is 55.8 Å². The number of rotatable bonds is 59. The number of carbonyl (C=O) groups excluding carboxylic acids is 4. The third kappa shape index (κ3) is 72.2. The van der Waals surface area contributed by atoms with Crippen LogP contribution in [0.3, 0.4) is 0 Å². The maximum atomic E-state index is 10.8. The van der Waals surface area contributed by atoms with E-state index in [-0.39, 0.29) is 5.97 Å². The summed E-state index contributed by atoms with van der Waals surface area (Å²) < 4.78 is 2.98. The van der Waals surface area contributed by atoms with Crippen molar-refractivity contribution in [2.24, 2.45) is 0 Å². The van der Waals surface area contributed by atoms with Crippen LogP contribution in [0.2, 0.25) is 4.44 Å². The Kier molecular flexibility index (Phi) is 73.3. The second kappa shape index (κ2) is 68.2. The Hall–Kier alpha value is -0.271. The fourth-order valence-corrected chi connectivity index (χ4v) is 10.9. The molecule has 0 aromatic rings. The standard InChI is InChI=1S/3C21H42O2S.C7H13O2.Sn/c3*1-3-4-5-6-7-8-9-10-11-12-13-14-15-16-17-18-19-21(2,24)20(22)23;1-3-5-6-9-7(8)4-2;/h3*24H,3-19H2,1-2H3,(H,22,23);2-6H2,1H3;/q;;;;+3/p-3. The summed E-state index contributed by atoms with van der Waals surface area (Å²) >= 11 is 13.8.